The van der Waals surface area contributed by atoms with Gasteiger partial charge in [0.2, 0.25) is 0 Å². The summed E-state index contributed by atoms with van der Waals surface area (Å²) in [6.45, 7) is 2.83. The standard InChI is InChI=1S/C10H19N3O/c1-13-8-5-10(12-13)4-7-11-6-3-9-14-2/h5,8,11H,3-4,6-7,9H2,1-2H3. The van der Waals surface area contributed by atoms with Crippen molar-refractivity contribution < 1.29 is 4.74 Å². The maximum atomic E-state index is 4.95. The molecule has 14 heavy (non-hydrogen) atoms. The van der Waals surface area contributed by atoms with E-state index in [1.807, 2.05) is 17.9 Å². The van der Waals surface area contributed by atoms with Crippen LogP contribution in [0.25, 0.3) is 0 Å². The highest BCUT2D eigenvalue weighted by molar-refractivity contribution is 4.98. The lowest BCUT2D eigenvalue weighted by molar-refractivity contribution is 0.194. The molecule has 80 valence electrons. The minimum Gasteiger partial charge on any atom is -0.385 e. The van der Waals surface area contributed by atoms with Gasteiger partial charge in [0.1, 0.15) is 0 Å². The topological polar surface area (TPSA) is 39.1 Å². The quantitative estimate of drug-likeness (QED) is 0.650. The Bertz CT molecular complexity index is 247. The molecule has 0 amide bonds. The molecule has 1 aromatic heterocycles. The molecule has 4 heteroatoms. The van der Waals surface area contributed by atoms with E-state index >= 15 is 0 Å². The Morgan fingerprint density at radius 1 is 1.50 bits per heavy atom. The van der Waals surface area contributed by atoms with E-state index in [0.29, 0.717) is 0 Å². The van der Waals surface area contributed by atoms with E-state index in [0.717, 1.165) is 38.2 Å². The molecular weight excluding hydrogens is 178 g/mol. The van der Waals surface area contributed by atoms with Gasteiger partial charge in [-0.05, 0) is 19.0 Å². The van der Waals surface area contributed by atoms with Gasteiger partial charge in [-0.15, -0.1) is 0 Å². The lowest BCUT2D eigenvalue weighted by Gasteiger charge is -2.02. The number of nitrogens with one attached hydrogen (secondary N) is 1. The number of nitrogens with zero attached hydrogens (tertiary/aromatic N) is 2. The van der Waals surface area contributed by atoms with Crippen LogP contribution in [0.5, 0.6) is 0 Å². The maximum Gasteiger partial charge on any atom is 0.0637 e. The third-order valence-corrected chi connectivity index (χ3v) is 2.03. The van der Waals surface area contributed by atoms with E-state index < -0.39 is 0 Å². The van der Waals surface area contributed by atoms with Gasteiger partial charge < -0.3 is 10.1 Å². The SMILES string of the molecule is COCCCNCCc1ccn(C)n1. The van der Waals surface area contributed by atoms with Crippen molar-refractivity contribution >= 4 is 0 Å². The first-order valence-electron chi connectivity index (χ1n) is 5.01. The zero-order valence-electron chi connectivity index (χ0n) is 8.99. The molecule has 4 nitrogen and oxygen atoms in total. The van der Waals surface area contributed by atoms with Crippen molar-refractivity contribution in [3.8, 4) is 0 Å². The van der Waals surface area contributed by atoms with E-state index in [1.165, 1.54) is 0 Å². The summed E-state index contributed by atoms with van der Waals surface area (Å²) in [4.78, 5) is 0. The van der Waals surface area contributed by atoms with Crippen LogP contribution in [-0.2, 0) is 18.2 Å². The van der Waals surface area contributed by atoms with Gasteiger partial charge in [-0.2, -0.15) is 5.10 Å². The predicted molar refractivity (Wildman–Crippen MR) is 56.3 cm³/mol. The van der Waals surface area contributed by atoms with Gasteiger partial charge in [-0.25, -0.2) is 0 Å². The van der Waals surface area contributed by atoms with Crippen molar-refractivity contribution in [3.05, 3.63) is 18.0 Å². The van der Waals surface area contributed by atoms with Crippen molar-refractivity contribution in [2.24, 2.45) is 7.05 Å². The molecule has 0 saturated carbocycles. The Hall–Kier alpha value is -0.870. The molecule has 0 fully saturated rings. The summed E-state index contributed by atoms with van der Waals surface area (Å²) in [7, 11) is 3.67. The van der Waals surface area contributed by atoms with Crippen LogP contribution in [0.1, 0.15) is 12.1 Å². The molecule has 0 spiro atoms. The van der Waals surface area contributed by atoms with Crippen molar-refractivity contribution in [2.45, 2.75) is 12.8 Å². The average Bonchev–Trinajstić information content (AvgIpc) is 2.58. The lowest BCUT2D eigenvalue weighted by atomic mass is 10.3. The smallest absolute Gasteiger partial charge is 0.0637 e. The molecule has 1 rings (SSSR count). The highest BCUT2D eigenvalue weighted by Crippen LogP contribution is 1.93. The Balaban J connectivity index is 1.99. The van der Waals surface area contributed by atoms with E-state index in [-0.39, 0.29) is 0 Å². The Morgan fingerprint density at radius 3 is 3.00 bits per heavy atom. The number of aryl methyl sites for hydroxylation is 1. The molecule has 0 radical (unpaired) electrons. The fourth-order valence-electron chi connectivity index (χ4n) is 1.28. The summed E-state index contributed by atoms with van der Waals surface area (Å²) in [5.41, 5.74) is 1.15. The minimum absolute atomic E-state index is 0.830. The van der Waals surface area contributed by atoms with Gasteiger partial charge in [0.05, 0.1) is 5.69 Å². The second-order valence-electron chi connectivity index (χ2n) is 3.33. The van der Waals surface area contributed by atoms with Gasteiger partial charge >= 0.3 is 0 Å². The molecular formula is C10H19N3O. The summed E-state index contributed by atoms with van der Waals surface area (Å²) in [5.74, 6) is 0. The molecule has 0 aliphatic carbocycles. The summed E-state index contributed by atoms with van der Waals surface area (Å²) in [6.07, 6.45) is 4.03. The zero-order valence-corrected chi connectivity index (χ0v) is 8.99. The molecule has 1 aromatic rings. The number of hydrogen-bond acceptors (Lipinski definition) is 3. The van der Waals surface area contributed by atoms with E-state index in [2.05, 4.69) is 16.5 Å². The largest absolute Gasteiger partial charge is 0.385 e. The molecule has 0 aliphatic heterocycles. The number of methoxy groups -OCH3 is 1. The second-order valence-corrected chi connectivity index (χ2v) is 3.33. The van der Waals surface area contributed by atoms with Gasteiger partial charge in [0, 0.05) is 39.9 Å². The molecule has 1 N–H and O–H groups in total. The summed E-state index contributed by atoms with van der Waals surface area (Å²) >= 11 is 0. The van der Waals surface area contributed by atoms with Crippen LogP contribution in [0, 0.1) is 0 Å². The van der Waals surface area contributed by atoms with Gasteiger partial charge in [-0.3, -0.25) is 4.68 Å². The van der Waals surface area contributed by atoms with Crippen LogP contribution < -0.4 is 5.32 Å². The first kappa shape index (κ1) is 11.2. The molecule has 0 atom stereocenters. The highest BCUT2D eigenvalue weighted by Gasteiger charge is 1.95. The summed E-state index contributed by atoms with van der Waals surface area (Å²) < 4.78 is 6.79. The Labute approximate surface area is 85.3 Å². The van der Waals surface area contributed by atoms with Gasteiger partial charge in [0.15, 0.2) is 0 Å². The van der Waals surface area contributed by atoms with Crippen LogP contribution >= 0.6 is 0 Å². The molecule has 0 unspecified atom stereocenters. The summed E-state index contributed by atoms with van der Waals surface area (Å²) in [5, 5.41) is 7.65. The first-order valence-corrected chi connectivity index (χ1v) is 5.01. The van der Waals surface area contributed by atoms with Crippen molar-refractivity contribution in [1.29, 1.82) is 0 Å². The molecule has 1 heterocycles. The van der Waals surface area contributed by atoms with E-state index in [4.69, 9.17) is 4.74 Å². The molecule has 0 aromatic carbocycles. The maximum absolute atomic E-state index is 4.95. The van der Waals surface area contributed by atoms with Crippen LogP contribution in [-0.4, -0.2) is 36.6 Å². The van der Waals surface area contributed by atoms with Gasteiger partial charge in [-0.1, -0.05) is 0 Å². The number of rotatable bonds is 7. The van der Waals surface area contributed by atoms with Crippen molar-refractivity contribution in [2.75, 3.05) is 26.8 Å². The molecule has 0 aliphatic rings. The summed E-state index contributed by atoms with van der Waals surface area (Å²) in [6, 6.07) is 2.05. The minimum atomic E-state index is 0.830. The first-order chi connectivity index (χ1) is 6.83. The fourth-order valence-corrected chi connectivity index (χ4v) is 1.28. The highest BCUT2D eigenvalue weighted by atomic mass is 16.5. The molecule has 0 bridgehead atoms. The Kier molecular flexibility index (Phi) is 5.25. The van der Waals surface area contributed by atoms with Gasteiger partial charge in [0.25, 0.3) is 0 Å². The van der Waals surface area contributed by atoms with Crippen molar-refractivity contribution in [3.63, 3.8) is 0 Å². The number of aromatic nitrogens is 2. The van der Waals surface area contributed by atoms with Crippen LogP contribution in [0.15, 0.2) is 12.3 Å². The predicted octanol–water partition coefficient (Wildman–Crippen LogP) is 0.589. The fraction of sp³-hybridized carbons (Fsp3) is 0.700. The Morgan fingerprint density at radius 2 is 2.36 bits per heavy atom. The third-order valence-electron chi connectivity index (χ3n) is 2.03. The van der Waals surface area contributed by atoms with Crippen molar-refractivity contribution in [1.82, 2.24) is 15.1 Å². The van der Waals surface area contributed by atoms with Crippen LogP contribution in [0.4, 0.5) is 0 Å². The zero-order chi connectivity index (χ0) is 10.2. The van der Waals surface area contributed by atoms with Crippen LogP contribution in [0.3, 0.4) is 0 Å². The van der Waals surface area contributed by atoms with Crippen LogP contribution in [0.2, 0.25) is 0 Å². The average molecular weight is 197 g/mol. The monoisotopic (exact) mass is 197 g/mol. The van der Waals surface area contributed by atoms with E-state index in [1.54, 1.807) is 7.11 Å². The van der Waals surface area contributed by atoms with E-state index in [9.17, 15) is 0 Å². The number of ether oxygens (including phenoxy) is 1. The molecule has 0 saturated heterocycles. The normalized spacial score (nSPS) is 10.7. The third kappa shape index (κ3) is 4.39. The lowest BCUT2D eigenvalue weighted by Crippen LogP contribution is -2.19. The number of hydrogen-bond donors (Lipinski definition) is 1. The second kappa shape index (κ2) is 6.56.